The fourth-order valence-corrected chi connectivity index (χ4v) is 2.11. The predicted molar refractivity (Wildman–Crippen MR) is 78.4 cm³/mol. The molecule has 0 spiro atoms. The smallest absolute Gasteiger partial charge is 0.314 e. The van der Waals surface area contributed by atoms with E-state index in [-0.39, 0.29) is 6.03 Å². The Morgan fingerprint density at radius 1 is 1.00 bits per heavy atom. The van der Waals surface area contributed by atoms with Gasteiger partial charge in [-0.3, -0.25) is 0 Å². The summed E-state index contributed by atoms with van der Waals surface area (Å²) in [5.74, 6) is 0. The third-order valence-electron chi connectivity index (χ3n) is 3.46. The first-order chi connectivity index (χ1) is 9.33. The van der Waals surface area contributed by atoms with Crippen molar-refractivity contribution in [2.45, 2.75) is 70.8 Å². The highest BCUT2D eigenvalue weighted by Crippen LogP contribution is 2.14. The second-order valence-electron chi connectivity index (χ2n) is 5.40. The normalized spacial score (nSPS) is 17.2. The Kier molecular flexibility index (Phi) is 9.51. The molecular formula is C15H30N2O2. The number of nitrogens with one attached hydrogen (secondary N) is 2. The molecule has 1 saturated heterocycles. The highest BCUT2D eigenvalue weighted by molar-refractivity contribution is 5.73. The van der Waals surface area contributed by atoms with E-state index < -0.39 is 0 Å². The van der Waals surface area contributed by atoms with Crippen molar-refractivity contribution in [3.8, 4) is 0 Å². The maximum absolute atomic E-state index is 11.4. The molecule has 2 amide bonds. The zero-order valence-corrected chi connectivity index (χ0v) is 12.4. The van der Waals surface area contributed by atoms with E-state index in [9.17, 15) is 4.79 Å². The van der Waals surface area contributed by atoms with Crippen LogP contribution in [0.4, 0.5) is 4.79 Å². The monoisotopic (exact) mass is 270 g/mol. The van der Waals surface area contributed by atoms with Gasteiger partial charge in [-0.15, -0.1) is 0 Å². The van der Waals surface area contributed by atoms with Gasteiger partial charge in [-0.2, -0.15) is 0 Å². The van der Waals surface area contributed by atoms with Gasteiger partial charge < -0.3 is 15.4 Å². The quantitative estimate of drug-likeness (QED) is 0.422. The molecule has 112 valence electrons. The summed E-state index contributed by atoms with van der Waals surface area (Å²) >= 11 is 0. The maximum Gasteiger partial charge on any atom is 0.314 e. The largest absolute Gasteiger partial charge is 0.373 e. The van der Waals surface area contributed by atoms with Gasteiger partial charge >= 0.3 is 6.03 Å². The lowest BCUT2D eigenvalue weighted by Crippen LogP contribution is -2.36. The Morgan fingerprint density at radius 3 is 2.21 bits per heavy atom. The molecule has 2 N–H and O–H groups in total. The molecule has 1 fully saturated rings. The van der Waals surface area contributed by atoms with Gasteiger partial charge in [-0.1, -0.05) is 45.4 Å². The van der Waals surface area contributed by atoms with Crippen molar-refractivity contribution in [2.24, 2.45) is 0 Å². The minimum absolute atomic E-state index is 0.0253. The summed E-state index contributed by atoms with van der Waals surface area (Å²) in [6, 6.07) is -0.0253. The van der Waals surface area contributed by atoms with Crippen LogP contribution in [0.5, 0.6) is 0 Å². The van der Waals surface area contributed by atoms with Crippen molar-refractivity contribution < 1.29 is 9.53 Å². The van der Waals surface area contributed by atoms with Crippen molar-refractivity contribution in [1.82, 2.24) is 10.6 Å². The predicted octanol–water partition coefficient (Wildman–Crippen LogP) is 3.22. The van der Waals surface area contributed by atoms with Gasteiger partial charge in [-0.05, 0) is 19.3 Å². The van der Waals surface area contributed by atoms with Gasteiger partial charge in [0.05, 0.1) is 12.7 Å². The number of unbranched alkanes of at least 4 members (excludes halogenated alkanes) is 6. The molecule has 0 bridgehead atoms. The average Bonchev–Trinajstić information content (AvgIpc) is 3.22. The summed E-state index contributed by atoms with van der Waals surface area (Å²) < 4.78 is 5.11. The molecule has 0 saturated carbocycles. The standard InChI is InChI=1S/C15H30N2O2/c1-2-3-4-5-6-7-8-11-16-15(18)17-12-9-10-14-13-19-14/h14H,2-13H2,1H3,(H2,16,17,18). The number of ether oxygens (including phenoxy) is 1. The van der Waals surface area contributed by atoms with Crippen molar-refractivity contribution in [3.05, 3.63) is 0 Å². The van der Waals surface area contributed by atoms with Crippen LogP contribution >= 0.6 is 0 Å². The Bertz CT molecular complexity index is 230. The lowest BCUT2D eigenvalue weighted by molar-refractivity contribution is 0.240. The van der Waals surface area contributed by atoms with Crippen molar-refractivity contribution in [3.63, 3.8) is 0 Å². The fourth-order valence-electron chi connectivity index (χ4n) is 2.11. The molecule has 4 nitrogen and oxygen atoms in total. The van der Waals surface area contributed by atoms with Gasteiger partial charge in [0.2, 0.25) is 0 Å². The summed E-state index contributed by atoms with van der Waals surface area (Å²) in [5, 5.41) is 5.79. The average molecular weight is 270 g/mol. The van der Waals surface area contributed by atoms with E-state index >= 15 is 0 Å². The van der Waals surface area contributed by atoms with Crippen LogP contribution in [0.2, 0.25) is 0 Å². The molecule has 0 aromatic carbocycles. The second-order valence-corrected chi connectivity index (χ2v) is 5.40. The van der Waals surface area contributed by atoms with Crippen LogP contribution < -0.4 is 10.6 Å². The fraction of sp³-hybridized carbons (Fsp3) is 0.933. The van der Waals surface area contributed by atoms with Crippen LogP contribution in [0.15, 0.2) is 0 Å². The third-order valence-corrected chi connectivity index (χ3v) is 3.46. The van der Waals surface area contributed by atoms with E-state index in [0.717, 1.165) is 39.0 Å². The van der Waals surface area contributed by atoms with Gasteiger partial charge in [0, 0.05) is 13.1 Å². The molecule has 0 aromatic heterocycles. The van der Waals surface area contributed by atoms with Crippen molar-refractivity contribution >= 4 is 6.03 Å². The van der Waals surface area contributed by atoms with E-state index in [1.807, 2.05) is 0 Å². The Labute approximate surface area is 117 Å². The molecule has 4 heteroatoms. The first kappa shape index (κ1) is 16.3. The molecule has 0 aliphatic carbocycles. The number of urea groups is 1. The van der Waals surface area contributed by atoms with Crippen LogP contribution in [0.1, 0.15) is 64.7 Å². The topological polar surface area (TPSA) is 53.7 Å². The molecule has 0 aromatic rings. The second kappa shape index (κ2) is 11.1. The molecule has 0 radical (unpaired) electrons. The van der Waals surface area contributed by atoms with Gasteiger partial charge in [0.15, 0.2) is 0 Å². The summed E-state index contributed by atoms with van der Waals surface area (Å²) in [6.45, 7) is 4.69. The van der Waals surface area contributed by atoms with Gasteiger partial charge in [-0.25, -0.2) is 4.79 Å². The minimum atomic E-state index is -0.0253. The highest BCUT2D eigenvalue weighted by atomic mass is 16.6. The van der Waals surface area contributed by atoms with Gasteiger partial charge in [0.1, 0.15) is 0 Å². The number of hydrogen-bond acceptors (Lipinski definition) is 2. The van der Waals surface area contributed by atoms with Crippen LogP contribution in [0, 0.1) is 0 Å². The van der Waals surface area contributed by atoms with E-state index in [0.29, 0.717) is 6.10 Å². The van der Waals surface area contributed by atoms with E-state index in [1.165, 1.54) is 38.5 Å². The zero-order valence-electron chi connectivity index (χ0n) is 12.4. The number of epoxide rings is 1. The maximum atomic E-state index is 11.4. The summed E-state index contributed by atoms with van der Waals surface area (Å²) in [5.41, 5.74) is 0. The van der Waals surface area contributed by atoms with Crippen LogP contribution in [-0.4, -0.2) is 31.8 Å². The Hall–Kier alpha value is -0.770. The molecule has 1 unspecified atom stereocenters. The molecule has 1 aliphatic heterocycles. The first-order valence-electron chi connectivity index (χ1n) is 7.96. The lowest BCUT2D eigenvalue weighted by Gasteiger charge is -2.07. The highest BCUT2D eigenvalue weighted by Gasteiger charge is 2.21. The number of amides is 2. The van der Waals surface area contributed by atoms with Crippen LogP contribution in [0.3, 0.4) is 0 Å². The summed E-state index contributed by atoms with van der Waals surface area (Å²) in [4.78, 5) is 11.4. The molecule has 1 aliphatic rings. The van der Waals surface area contributed by atoms with E-state index in [1.54, 1.807) is 0 Å². The zero-order chi connectivity index (χ0) is 13.8. The minimum Gasteiger partial charge on any atom is -0.373 e. The summed E-state index contributed by atoms with van der Waals surface area (Å²) in [7, 11) is 0. The molecule has 1 heterocycles. The number of carbonyl (C=O) groups is 1. The van der Waals surface area contributed by atoms with Crippen LogP contribution in [0.25, 0.3) is 0 Å². The third kappa shape index (κ3) is 10.8. The van der Waals surface area contributed by atoms with Crippen LogP contribution in [-0.2, 0) is 4.74 Å². The first-order valence-corrected chi connectivity index (χ1v) is 7.96. The Morgan fingerprint density at radius 2 is 1.58 bits per heavy atom. The van der Waals surface area contributed by atoms with Gasteiger partial charge in [0.25, 0.3) is 0 Å². The molecule has 1 atom stereocenters. The molecular weight excluding hydrogens is 240 g/mol. The van der Waals surface area contributed by atoms with Crippen molar-refractivity contribution in [2.75, 3.05) is 19.7 Å². The number of hydrogen-bond donors (Lipinski definition) is 2. The summed E-state index contributed by atoms with van der Waals surface area (Å²) in [6.07, 6.45) is 11.5. The number of carbonyl (C=O) groups excluding carboxylic acids is 1. The lowest BCUT2D eigenvalue weighted by atomic mass is 10.1. The van der Waals surface area contributed by atoms with E-state index in [2.05, 4.69) is 17.6 Å². The van der Waals surface area contributed by atoms with Crippen molar-refractivity contribution in [1.29, 1.82) is 0 Å². The van der Waals surface area contributed by atoms with E-state index in [4.69, 9.17) is 4.74 Å². The number of rotatable bonds is 12. The molecule has 1 rings (SSSR count). The molecule has 19 heavy (non-hydrogen) atoms. The Balaban J connectivity index is 1.73. The SMILES string of the molecule is CCCCCCCCCNC(=O)NCCCC1CO1.